The van der Waals surface area contributed by atoms with Gasteiger partial charge < -0.3 is 9.15 Å². The Morgan fingerprint density at radius 3 is 2.46 bits per heavy atom. The van der Waals surface area contributed by atoms with Gasteiger partial charge in [-0.15, -0.1) is 0 Å². The maximum absolute atomic E-state index is 13.0. The lowest BCUT2D eigenvalue weighted by molar-refractivity contribution is 0.0445. The number of ether oxygens (including phenoxy) is 1. The van der Waals surface area contributed by atoms with Crippen molar-refractivity contribution in [3.63, 3.8) is 0 Å². The van der Waals surface area contributed by atoms with Gasteiger partial charge in [-0.05, 0) is 54.6 Å². The fraction of sp³-hybridized carbons (Fsp3) is 0.105. The van der Waals surface area contributed by atoms with Crippen LogP contribution in [-0.4, -0.2) is 21.4 Å². The van der Waals surface area contributed by atoms with Gasteiger partial charge in [-0.2, -0.15) is 0 Å². The Morgan fingerprint density at radius 2 is 1.82 bits per heavy atom. The quantitative estimate of drug-likeness (QED) is 0.517. The van der Waals surface area contributed by atoms with Crippen molar-refractivity contribution in [2.24, 2.45) is 0 Å². The van der Waals surface area contributed by atoms with Crippen LogP contribution in [0.2, 0.25) is 10.0 Å². The molecule has 1 heterocycles. The van der Waals surface area contributed by atoms with Crippen molar-refractivity contribution >= 4 is 44.9 Å². The molecule has 0 spiro atoms. The van der Waals surface area contributed by atoms with Crippen molar-refractivity contribution in [3.8, 4) is 0 Å². The van der Waals surface area contributed by atoms with E-state index in [0.717, 1.165) is 4.31 Å². The van der Waals surface area contributed by atoms with Gasteiger partial charge in [-0.25, -0.2) is 13.2 Å². The van der Waals surface area contributed by atoms with E-state index in [1.54, 1.807) is 36.4 Å². The summed E-state index contributed by atoms with van der Waals surface area (Å²) in [6.07, 6.45) is 1.46. The van der Waals surface area contributed by atoms with Crippen molar-refractivity contribution in [1.29, 1.82) is 0 Å². The molecule has 0 radical (unpaired) electrons. The summed E-state index contributed by atoms with van der Waals surface area (Å²) in [7, 11) is -2.63. The molecule has 1 aromatic heterocycles. The van der Waals surface area contributed by atoms with E-state index >= 15 is 0 Å². The predicted octanol–water partition coefficient (Wildman–Crippen LogP) is 4.77. The van der Waals surface area contributed by atoms with E-state index in [9.17, 15) is 13.2 Å². The van der Waals surface area contributed by atoms with Crippen molar-refractivity contribution < 1.29 is 22.4 Å². The fourth-order valence-corrected chi connectivity index (χ4v) is 4.20. The highest BCUT2D eigenvalue weighted by Gasteiger charge is 2.26. The topological polar surface area (TPSA) is 76.8 Å². The molecule has 0 fully saturated rings. The summed E-state index contributed by atoms with van der Waals surface area (Å²) in [5.74, 6) is -0.226. The Kier molecular flexibility index (Phi) is 5.98. The van der Waals surface area contributed by atoms with Crippen LogP contribution in [0.15, 0.2) is 70.2 Å². The van der Waals surface area contributed by atoms with Crippen LogP contribution in [0.3, 0.4) is 0 Å². The maximum Gasteiger partial charge on any atom is 0.338 e. The summed E-state index contributed by atoms with van der Waals surface area (Å²) >= 11 is 12.0. The average molecular weight is 440 g/mol. The SMILES string of the molecule is CN(c1ccc(Cl)cc1)S(=O)(=O)c1cc(C(=O)OCc2ccco2)ccc1Cl. The molecule has 0 bridgehead atoms. The number of anilines is 1. The van der Waals surface area contributed by atoms with E-state index in [0.29, 0.717) is 16.5 Å². The van der Waals surface area contributed by atoms with E-state index in [1.165, 1.54) is 31.5 Å². The molecule has 0 saturated carbocycles. The minimum Gasteiger partial charge on any atom is -0.466 e. The standard InChI is InChI=1S/C19H15Cl2NO5S/c1-22(15-7-5-14(20)6-8-15)28(24,25)18-11-13(4-9-17(18)21)19(23)27-12-16-3-2-10-26-16/h2-11H,12H2,1H3. The first kappa shape index (κ1) is 20.3. The number of carbonyl (C=O) groups excluding carboxylic acids is 1. The summed E-state index contributed by atoms with van der Waals surface area (Å²) in [6, 6.07) is 13.5. The van der Waals surface area contributed by atoms with E-state index in [2.05, 4.69) is 0 Å². The zero-order chi connectivity index (χ0) is 20.3. The number of nitrogens with zero attached hydrogens (tertiary/aromatic N) is 1. The molecule has 6 nitrogen and oxygen atoms in total. The van der Waals surface area contributed by atoms with Crippen LogP contribution < -0.4 is 4.31 Å². The predicted molar refractivity (Wildman–Crippen MR) is 106 cm³/mol. The smallest absolute Gasteiger partial charge is 0.338 e. The zero-order valence-corrected chi connectivity index (χ0v) is 17.0. The first-order valence-electron chi connectivity index (χ1n) is 8.02. The van der Waals surface area contributed by atoms with Crippen LogP contribution in [0.5, 0.6) is 0 Å². The summed E-state index contributed by atoms with van der Waals surface area (Å²) < 4.78 is 37.3. The largest absolute Gasteiger partial charge is 0.466 e. The first-order valence-corrected chi connectivity index (χ1v) is 10.2. The first-order chi connectivity index (χ1) is 13.3. The number of carbonyl (C=O) groups is 1. The number of sulfonamides is 1. The Labute approximate surface area is 172 Å². The van der Waals surface area contributed by atoms with Gasteiger partial charge in [0.05, 0.1) is 22.5 Å². The molecule has 0 aliphatic rings. The number of hydrogen-bond acceptors (Lipinski definition) is 5. The highest BCUT2D eigenvalue weighted by atomic mass is 35.5. The third-order valence-electron chi connectivity index (χ3n) is 3.92. The lowest BCUT2D eigenvalue weighted by atomic mass is 10.2. The van der Waals surface area contributed by atoms with Crippen LogP contribution in [0.25, 0.3) is 0 Å². The van der Waals surface area contributed by atoms with E-state index in [1.807, 2.05) is 0 Å². The van der Waals surface area contributed by atoms with Gasteiger partial charge in [-0.3, -0.25) is 4.31 Å². The minimum absolute atomic E-state index is 0.0107. The Bertz CT molecular complexity index is 1080. The average Bonchev–Trinajstić information content (AvgIpc) is 3.20. The molecule has 0 unspecified atom stereocenters. The lowest BCUT2D eigenvalue weighted by Crippen LogP contribution is -2.27. The minimum atomic E-state index is -4.02. The van der Waals surface area contributed by atoms with Crippen LogP contribution in [0.1, 0.15) is 16.1 Å². The number of hydrogen-bond donors (Lipinski definition) is 0. The van der Waals surface area contributed by atoms with E-state index in [-0.39, 0.29) is 22.1 Å². The van der Waals surface area contributed by atoms with Crippen molar-refractivity contribution in [3.05, 3.63) is 82.2 Å². The van der Waals surface area contributed by atoms with Crippen LogP contribution in [0.4, 0.5) is 5.69 Å². The molecule has 2 aromatic carbocycles. The normalized spacial score (nSPS) is 11.2. The molecule has 3 aromatic rings. The number of halogens is 2. The molecule has 146 valence electrons. The Balaban J connectivity index is 1.87. The maximum atomic E-state index is 13.0. The van der Waals surface area contributed by atoms with Gasteiger partial charge >= 0.3 is 5.97 Å². The molecule has 28 heavy (non-hydrogen) atoms. The van der Waals surface area contributed by atoms with Crippen molar-refractivity contribution in [2.75, 3.05) is 11.4 Å². The molecule has 9 heteroatoms. The molecule has 0 amide bonds. The highest BCUT2D eigenvalue weighted by molar-refractivity contribution is 7.93. The third kappa shape index (κ3) is 4.32. The van der Waals surface area contributed by atoms with E-state index < -0.39 is 16.0 Å². The molecule has 0 saturated heterocycles. The van der Waals surface area contributed by atoms with E-state index in [4.69, 9.17) is 32.4 Å². The van der Waals surface area contributed by atoms with Crippen LogP contribution in [-0.2, 0) is 21.4 Å². The Morgan fingerprint density at radius 1 is 1.11 bits per heavy atom. The van der Waals surface area contributed by atoms with Gasteiger partial charge in [0.25, 0.3) is 10.0 Å². The van der Waals surface area contributed by atoms with Crippen LogP contribution >= 0.6 is 23.2 Å². The molecular weight excluding hydrogens is 425 g/mol. The fourth-order valence-electron chi connectivity index (χ4n) is 2.38. The van der Waals surface area contributed by atoms with Crippen molar-refractivity contribution in [1.82, 2.24) is 0 Å². The second-order valence-corrected chi connectivity index (χ2v) is 8.53. The van der Waals surface area contributed by atoms with Gasteiger partial charge in [0.1, 0.15) is 17.3 Å². The van der Waals surface area contributed by atoms with Gasteiger partial charge in [0.2, 0.25) is 0 Å². The molecule has 0 atom stereocenters. The molecule has 0 N–H and O–H groups in total. The lowest BCUT2D eigenvalue weighted by Gasteiger charge is -2.20. The number of esters is 1. The highest BCUT2D eigenvalue weighted by Crippen LogP contribution is 2.29. The Hall–Kier alpha value is -2.48. The molecular formula is C19H15Cl2NO5S. The van der Waals surface area contributed by atoms with Gasteiger partial charge in [0, 0.05) is 12.1 Å². The van der Waals surface area contributed by atoms with Crippen LogP contribution in [0, 0.1) is 0 Å². The van der Waals surface area contributed by atoms with Crippen molar-refractivity contribution in [2.45, 2.75) is 11.5 Å². The summed E-state index contributed by atoms with van der Waals surface area (Å²) in [4.78, 5) is 12.1. The number of benzene rings is 2. The number of furan rings is 1. The zero-order valence-electron chi connectivity index (χ0n) is 14.6. The summed E-state index contributed by atoms with van der Waals surface area (Å²) in [6.45, 7) is -0.0682. The van der Waals surface area contributed by atoms with Gasteiger partial charge in [-0.1, -0.05) is 23.2 Å². The molecule has 0 aliphatic carbocycles. The molecule has 0 aliphatic heterocycles. The monoisotopic (exact) mass is 439 g/mol. The second-order valence-electron chi connectivity index (χ2n) is 5.75. The second kappa shape index (κ2) is 8.26. The third-order valence-corrected chi connectivity index (χ3v) is 6.44. The summed E-state index contributed by atoms with van der Waals surface area (Å²) in [5, 5.41) is 0.470. The summed E-state index contributed by atoms with van der Waals surface area (Å²) in [5.41, 5.74) is 0.449. The number of rotatable bonds is 6. The van der Waals surface area contributed by atoms with Gasteiger partial charge in [0.15, 0.2) is 0 Å². The molecule has 3 rings (SSSR count).